The van der Waals surface area contributed by atoms with Crippen LogP contribution in [0, 0.1) is 0 Å². The molecule has 0 spiro atoms. The minimum absolute atomic E-state index is 0. The van der Waals surface area contributed by atoms with E-state index < -0.39 is 0 Å². The summed E-state index contributed by atoms with van der Waals surface area (Å²) in [6.07, 6.45) is 5.55. The van der Waals surface area contributed by atoms with Gasteiger partial charge in [0.05, 0.1) is 12.9 Å². The van der Waals surface area contributed by atoms with Gasteiger partial charge in [-0.15, -0.1) is 24.0 Å². The lowest BCUT2D eigenvalue weighted by Gasteiger charge is -2.22. The van der Waals surface area contributed by atoms with Crippen LogP contribution in [0.3, 0.4) is 0 Å². The molecule has 0 saturated carbocycles. The maximum atomic E-state index is 5.47. The highest BCUT2D eigenvalue weighted by Gasteiger charge is 2.06. The zero-order valence-electron chi connectivity index (χ0n) is 14.5. The van der Waals surface area contributed by atoms with Gasteiger partial charge in [0.25, 0.3) is 0 Å². The minimum atomic E-state index is 0. The number of aliphatic imine (C=N–C) groups is 1. The van der Waals surface area contributed by atoms with Crippen LogP contribution >= 0.6 is 24.0 Å². The standard InChI is InChI=1S/C17H25N5O.HI/c1-4-23-16-7-5-15(6-8-16)13-21(3)17(18-2)20-10-12-22-11-9-19-14-22;/h5-9,11,14H,4,10,12-13H2,1-3H3,(H,18,20);1H. The van der Waals surface area contributed by atoms with Gasteiger partial charge in [0.1, 0.15) is 5.75 Å². The van der Waals surface area contributed by atoms with Crippen molar-refractivity contribution in [3.63, 3.8) is 0 Å². The van der Waals surface area contributed by atoms with Gasteiger partial charge in [-0.1, -0.05) is 12.1 Å². The van der Waals surface area contributed by atoms with Gasteiger partial charge >= 0.3 is 0 Å². The Labute approximate surface area is 161 Å². The van der Waals surface area contributed by atoms with Gasteiger partial charge in [-0.05, 0) is 24.6 Å². The van der Waals surface area contributed by atoms with Crippen molar-refractivity contribution in [1.82, 2.24) is 19.8 Å². The monoisotopic (exact) mass is 443 g/mol. The zero-order valence-corrected chi connectivity index (χ0v) is 16.8. The van der Waals surface area contributed by atoms with Crippen LogP contribution in [0.4, 0.5) is 0 Å². The molecule has 2 aromatic rings. The number of rotatable bonds is 7. The maximum Gasteiger partial charge on any atom is 0.193 e. The lowest BCUT2D eigenvalue weighted by atomic mass is 10.2. The Balaban J connectivity index is 0.00000288. The average molecular weight is 443 g/mol. The summed E-state index contributed by atoms with van der Waals surface area (Å²) >= 11 is 0. The molecular formula is C17H26IN5O. The van der Waals surface area contributed by atoms with Crippen molar-refractivity contribution in [1.29, 1.82) is 0 Å². The zero-order chi connectivity index (χ0) is 16.5. The molecule has 1 aromatic heterocycles. The number of hydrogen-bond donors (Lipinski definition) is 1. The third kappa shape index (κ3) is 6.38. The highest BCUT2D eigenvalue weighted by molar-refractivity contribution is 14.0. The van der Waals surface area contributed by atoms with Crippen LogP contribution < -0.4 is 10.1 Å². The number of hydrogen-bond acceptors (Lipinski definition) is 3. The molecule has 0 atom stereocenters. The van der Waals surface area contributed by atoms with Crippen molar-refractivity contribution in [3.05, 3.63) is 48.5 Å². The Kier molecular flexibility index (Phi) is 9.21. The molecule has 0 aliphatic carbocycles. The molecule has 6 nitrogen and oxygen atoms in total. The quantitative estimate of drug-likeness (QED) is 0.406. The van der Waals surface area contributed by atoms with Crippen molar-refractivity contribution in [2.45, 2.75) is 20.0 Å². The van der Waals surface area contributed by atoms with Gasteiger partial charge in [0, 0.05) is 46.1 Å². The van der Waals surface area contributed by atoms with Crippen LogP contribution in [-0.4, -0.2) is 47.7 Å². The van der Waals surface area contributed by atoms with Gasteiger partial charge in [-0.3, -0.25) is 4.99 Å². The number of ether oxygens (including phenoxy) is 1. The SMILES string of the molecule is CCOc1ccc(CN(C)C(=NC)NCCn2ccnc2)cc1.I. The van der Waals surface area contributed by atoms with E-state index in [1.54, 1.807) is 13.2 Å². The van der Waals surface area contributed by atoms with Crippen molar-refractivity contribution < 1.29 is 4.74 Å². The Bertz CT molecular complexity index is 598. The number of nitrogens with one attached hydrogen (secondary N) is 1. The summed E-state index contributed by atoms with van der Waals surface area (Å²) in [7, 11) is 3.83. The first kappa shape index (κ1) is 20.3. The van der Waals surface area contributed by atoms with Gasteiger partial charge in [0.2, 0.25) is 0 Å². The molecule has 0 bridgehead atoms. The highest BCUT2D eigenvalue weighted by Crippen LogP contribution is 2.13. The molecule has 1 N–H and O–H groups in total. The number of halogens is 1. The normalized spacial score (nSPS) is 10.9. The number of nitrogens with zero attached hydrogens (tertiary/aromatic N) is 4. The molecule has 0 aliphatic heterocycles. The molecule has 1 heterocycles. The Hall–Kier alpha value is -1.77. The predicted octanol–water partition coefficient (Wildman–Crippen LogP) is 2.61. The fourth-order valence-corrected chi connectivity index (χ4v) is 2.31. The van der Waals surface area contributed by atoms with Crippen molar-refractivity contribution in [3.8, 4) is 5.75 Å². The molecular weight excluding hydrogens is 417 g/mol. The van der Waals surface area contributed by atoms with E-state index >= 15 is 0 Å². The molecule has 0 aliphatic rings. The van der Waals surface area contributed by atoms with Crippen LogP contribution in [-0.2, 0) is 13.1 Å². The fraction of sp³-hybridized carbons (Fsp3) is 0.412. The molecule has 24 heavy (non-hydrogen) atoms. The van der Waals surface area contributed by atoms with E-state index in [2.05, 4.69) is 32.3 Å². The molecule has 1 aromatic carbocycles. The maximum absolute atomic E-state index is 5.47. The number of aromatic nitrogens is 2. The second-order valence-electron chi connectivity index (χ2n) is 5.21. The Morgan fingerprint density at radius 2 is 2.08 bits per heavy atom. The third-order valence-electron chi connectivity index (χ3n) is 3.44. The van der Waals surface area contributed by atoms with E-state index in [-0.39, 0.29) is 24.0 Å². The summed E-state index contributed by atoms with van der Waals surface area (Å²) < 4.78 is 7.50. The third-order valence-corrected chi connectivity index (χ3v) is 3.44. The molecule has 0 unspecified atom stereocenters. The van der Waals surface area contributed by atoms with Crippen LogP contribution in [0.2, 0.25) is 0 Å². The second kappa shape index (κ2) is 10.9. The summed E-state index contributed by atoms with van der Waals surface area (Å²) in [6.45, 7) is 5.12. The van der Waals surface area contributed by atoms with Crippen LogP contribution in [0.25, 0.3) is 0 Å². The lowest BCUT2D eigenvalue weighted by Crippen LogP contribution is -2.39. The van der Waals surface area contributed by atoms with E-state index in [1.807, 2.05) is 43.2 Å². The van der Waals surface area contributed by atoms with E-state index in [4.69, 9.17) is 4.74 Å². The van der Waals surface area contributed by atoms with E-state index in [0.29, 0.717) is 6.61 Å². The first-order valence-electron chi connectivity index (χ1n) is 7.82. The Morgan fingerprint density at radius 3 is 2.67 bits per heavy atom. The molecule has 2 rings (SSSR count). The van der Waals surface area contributed by atoms with E-state index in [9.17, 15) is 0 Å². The predicted molar refractivity (Wildman–Crippen MR) is 108 cm³/mol. The Morgan fingerprint density at radius 1 is 1.33 bits per heavy atom. The van der Waals surface area contributed by atoms with Crippen molar-refractivity contribution in [2.24, 2.45) is 4.99 Å². The van der Waals surface area contributed by atoms with Gasteiger partial charge in [-0.2, -0.15) is 0 Å². The summed E-state index contributed by atoms with van der Waals surface area (Å²) in [5, 5.41) is 3.36. The topological polar surface area (TPSA) is 54.7 Å². The molecule has 0 saturated heterocycles. The summed E-state index contributed by atoms with van der Waals surface area (Å²) in [4.78, 5) is 10.5. The smallest absolute Gasteiger partial charge is 0.193 e. The van der Waals surface area contributed by atoms with Crippen molar-refractivity contribution >= 4 is 29.9 Å². The first-order chi connectivity index (χ1) is 11.2. The van der Waals surface area contributed by atoms with Crippen LogP contribution in [0.1, 0.15) is 12.5 Å². The molecule has 0 radical (unpaired) electrons. The summed E-state index contributed by atoms with van der Waals surface area (Å²) in [5.41, 5.74) is 1.22. The van der Waals surface area contributed by atoms with E-state index in [1.165, 1.54) is 5.56 Å². The largest absolute Gasteiger partial charge is 0.494 e. The minimum Gasteiger partial charge on any atom is -0.494 e. The summed E-state index contributed by atoms with van der Waals surface area (Å²) in [6, 6.07) is 8.17. The van der Waals surface area contributed by atoms with Gasteiger partial charge < -0.3 is 19.5 Å². The van der Waals surface area contributed by atoms with Gasteiger partial charge in [0.15, 0.2) is 5.96 Å². The van der Waals surface area contributed by atoms with Crippen molar-refractivity contribution in [2.75, 3.05) is 27.2 Å². The lowest BCUT2D eigenvalue weighted by molar-refractivity contribution is 0.340. The molecule has 0 fully saturated rings. The number of imidazole rings is 1. The highest BCUT2D eigenvalue weighted by atomic mass is 127. The number of guanidine groups is 1. The van der Waals surface area contributed by atoms with E-state index in [0.717, 1.165) is 31.3 Å². The van der Waals surface area contributed by atoms with Crippen LogP contribution in [0.5, 0.6) is 5.75 Å². The number of benzene rings is 1. The molecule has 7 heteroatoms. The van der Waals surface area contributed by atoms with Gasteiger partial charge in [-0.25, -0.2) is 4.98 Å². The fourth-order valence-electron chi connectivity index (χ4n) is 2.31. The molecule has 132 valence electrons. The average Bonchev–Trinajstić information content (AvgIpc) is 3.07. The first-order valence-corrected chi connectivity index (χ1v) is 7.82. The summed E-state index contributed by atoms with van der Waals surface area (Å²) in [5.74, 6) is 1.78. The second-order valence-corrected chi connectivity index (χ2v) is 5.21. The van der Waals surface area contributed by atoms with Crippen LogP contribution in [0.15, 0.2) is 48.0 Å². The molecule has 0 amide bonds.